The smallest absolute Gasteiger partial charge is 0.255 e. The third-order valence-corrected chi connectivity index (χ3v) is 7.44. The number of aliphatic hydroxyl groups is 1. The van der Waals surface area contributed by atoms with Crippen molar-refractivity contribution in [1.82, 2.24) is 10.2 Å². The van der Waals surface area contributed by atoms with Crippen molar-refractivity contribution < 1.29 is 19.4 Å². The first-order valence-electron chi connectivity index (χ1n) is 13.4. The fraction of sp³-hybridized carbons (Fsp3) is 0.750. The van der Waals surface area contributed by atoms with Crippen molar-refractivity contribution >= 4 is 5.91 Å². The van der Waals surface area contributed by atoms with Crippen molar-refractivity contribution in [3.05, 3.63) is 29.8 Å². The molecule has 1 heterocycles. The molecule has 200 valence electrons. The highest BCUT2D eigenvalue weighted by molar-refractivity contribution is 5.96. The van der Waals surface area contributed by atoms with Gasteiger partial charge in [0, 0.05) is 44.9 Å². The van der Waals surface area contributed by atoms with Crippen LogP contribution in [-0.2, 0) is 4.74 Å². The third kappa shape index (κ3) is 9.71. The molecule has 1 saturated heterocycles. The first-order valence-corrected chi connectivity index (χ1v) is 13.4. The van der Waals surface area contributed by atoms with Crippen molar-refractivity contribution in [3.8, 4) is 5.75 Å². The number of methoxy groups -OCH3 is 1. The largest absolute Gasteiger partial charge is 0.493 e. The van der Waals surface area contributed by atoms with Gasteiger partial charge in [-0.25, -0.2) is 0 Å². The van der Waals surface area contributed by atoms with E-state index < -0.39 is 6.10 Å². The van der Waals surface area contributed by atoms with Crippen LogP contribution in [0.1, 0.15) is 76.6 Å². The highest BCUT2D eigenvalue weighted by atomic mass is 16.5. The van der Waals surface area contributed by atoms with Crippen LogP contribution in [0.25, 0.3) is 0 Å². The number of benzene rings is 1. The van der Waals surface area contributed by atoms with Gasteiger partial charge in [0.05, 0.1) is 18.3 Å². The molecule has 5 atom stereocenters. The number of aliphatic hydroxyl groups excluding tert-OH is 1. The van der Waals surface area contributed by atoms with Crippen molar-refractivity contribution in [2.24, 2.45) is 17.6 Å². The zero-order chi connectivity index (χ0) is 25.8. The second-order valence-electron chi connectivity index (χ2n) is 10.6. The maximum atomic E-state index is 13.0. The Kier molecular flexibility index (Phi) is 13.0. The van der Waals surface area contributed by atoms with E-state index in [4.69, 9.17) is 15.2 Å². The molecule has 0 radical (unpaired) electrons. The maximum absolute atomic E-state index is 13.0. The summed E-state index contributed by atoms with van der Waals surface area (Å²) < 4.78 is 10.9. The molecule has 35 heavy (non-hydrogen) atoms. The second-order valence-corrected chi connectivity index (χ2v) is 10.6. The van der Waals surface area contributed by atoms with E-state index in [9.17, 15) is 9.90 Å². The molecule has 1 fully saturated rings. The number of para-hydroxylation sites is 1. The van der Waals surface area contributed by atoms with Crippen LogP contribution >= 0.6 is 0 Å². The zero-order valence-corrected chi connectivity index (χ0v) is 22.5. The highest BCUT2D eigenvalue weighted by Gasteiger charge is 2.30. The van der Waals surface area contributed by atoms with Crippen LogP contribution in [0.4, 0.5) is 0 Å². The zero-order valence-electron chi connectivity index (χ0n) is 22.5. The Morgan fingerprint density at radius 3 is 2.49 bits per heavy atom. The molecule has 7 heteroatoms. The molecule has 0 spiro atoms. The Hall–Kier alpha value is -1.67. The number of carbonyl (C=O) groups is 1. The Morgan fingerprint density at radius 2 is 1.83 bits per heavy atom. The average molecular weight is 492 g/mol. The van der Waals surface area contributed by atoms with Crippen LogP contribution in [0, 0.1) is 11.8 Å². The standard InChI is InChI=1S/C28H49N3O4/c1-20(2)23(17-25(29)26(32)19-31-21(3)11-10-12-22(31)4)18-30-28(33)24-13-6-7-14-27(24)35-16-9-8-15-34-5/h6-7,13-14,20-23,25-26,32H,8-12,15-19,29H2,1-5H3,(H,30,33). The van der Waals surface area contributed by atoms with Crippen LogP contribution in [0.15, 0.2) is 24.3 Å². The number of rotatable bonds is 15. The number of unbranched alkanes of at least 4 members (excludes halogenated alkanes) is 1. The van der Waals surface area contributed by atoms with Crippen LogP contribution < -0.4 is 15.8 Å². The number of likely N-dealkylation sites (tertiary alicyclic amines) is 1. The van der Waals surface area contributed by atoms with Gasteiger partial charge < -0.3 is 25.6 Å². The lowest BCUT2D eigenvalue weighted by Gasteiger charge is -2.41. The molecule has 5 unspecified atom stereocenters. The monoisotopic (exact) mass is 491 g/mol. The summed E-state index contributed by atoms with van der Waals surface area (Å²) in [6, 6.07) is 7.97. The normalized spacial score (nSPS) is 21.5. The van der Waals surface area contributed by atoms with E-state index in [-0.39, 0.29) is 17.9 Å². The van der Waals surface area contributed by atoms with Gasteiger partial charge in [0.2, 0.25) is 0 Å². The first kappa shape index (κ1) is 29.6. The van der Waals surface area contributed by atoms with Gasteiger partial charge in [-0.05, 0) is 69.9 Å². The molecule has 0 bridgehead atoms. The average Bonchev–Trinajstić information content (AvgIpc) is 2.83. The Balaban J connectivity index is 1.89. The summed E-state index contributed by atoms with van der Waals surface area (Å²) in [6.07, 6.45) is 5.46. The van der Waals surface area contributed by atoms with Crippen LogP contribution in [-0.4, -0.2) is 73.6 Å². The molecule has 0 saturated carbocycles. The molecule has 0 aliphatic carbocycles. The molecule has 4 N–H and O–H groups in total. The number of nitrogens with two attached hydrogens (primary N) is 1. The summed E-state index contributed by atoms with van der Waals surface area (Å²) in [5.74, 6) is 0.948. The van der Waals surface area contributed by atoms with E-state index in [0.717, 1.165) is 12.8 Å². The van der Waals surface area contributed by atoms with Gasteiger partial charge in [0.15, 0.2) is 0 Å². The molecule has 1 aliphatic heterocycles. The first-order chi connectivity index (χ1) is 16.7. The van der Waals surface area contributed by atoms with Gasteiger partial charge in [-0.1, -0.05) is 32.4 Å². The minimum absolute atomic E-state index is 0.145. The topological polar surface area (TPSA) is 97.0 Å². The molecule has 0 aromatic heterocycles. The molecule has 1 aromatic carbocycles. The minimum Gasteiger partial charge on any atom is -0.493 e. The lowest BCUT2D eigenvalue weighted by Crippen LogP contribution is -2.52. The quantitative estimate of drug-likeness (QED) is 0.323. The number of β-amino-alcohol motifs (C(OH)–C–C–N with tert-alkyl or cyclic N) is 1. The van der Waals surface area contributed by atoms with E-state index in [0.29, 0.717) is 62.0 Å². The summed E-state index contributed by atoms with van der Waals surface area (Å²) in [5.41, 5.74) is 7.02. The minimum atomic E-state index is -0.581. The summed E-state index contributed by atoms with van der Waals surface area (Å²) in [6.45, 7) is 11.1. The second kappa shape index (κ2) is 15.4. The van der Waals surface area contributed by atoms with E-state index in [1.54, 1.807) is 13.2 Å². The predicted molar refractivity (Wildman–Crippen MR) is 142 cm³/mol. The van der Waals surface area contributed by atoms with E-state index in [1.807, 2.05) is 18.2 Å². The fourth-order valence-corrected chi connectivity index (χ4v) is 4.91. The maximum Gasteiger partial charge on any atom is 0.255 e. The van der Waals surface area contributed by atoms with Crippen molar-refractivity contribution in [2.75, 3.05) is 33.4 Å². The Morgan fingerprint density at radius 1 is 1.17 bits per heavy atom. The van der Waals surface area contributed by atoms with Gasteiger partial charge in [0.1, 0.15) is 5.75 Å². The fourth-order valence-electron chi connectivity index (χ4n) is 4.91. The molecule has 1 aliphatic rings. The molecular formula is C28H49N3O4. The third-order valence-electron chi connectivity index (χ3n) is 7.44. The van der Waals surface area contributed by atoms with Crippen molar-refractivity contribution in [1.29, 1.82) is 0 Å². The van der Waals surface area contributed by atoms with E-state index in [2.05, 4.69) is 37.9 Å². The summed E-state index contributed by atoms with van der Waals surface area (Å²) >= 11 is 0. The van der Waals surface area contributed by atoms with Gasteiger partial charge >= 0.3 is 0 Å². The Labute approximate surface area is 212 Å². The number of carbonyl (C=O) groups excluding carboxylic acids is 1. The number of ether oxygens (including phenoxy) is 2. The van der Waals surface area contributed by atoms with Gasteiger partial charge in [-0.2, -0.15) is 0 Å². The summed E-state index contributed by atoms with van der Waals surface area (Å²) in [5, 5.41) is 14.0. The van der Waals surface area contributed by atoms with Gasteiger partial charge in [0.25, 0.3) is 5.91 Å². The number of hydrogen-bond donors (Lipinski definition) is 3. The molecule has 1 amide bonds. The van der Waals surface area contributed by atoms with Crippen LogP contribution in [0.3, 0.4) is 0 Å². The number of hydrogen-bond acceptors (Lipinski definition) is 6. The van der Waals surface area contributed by atoms with Gasteiger partial charge in [-0.15, -0.1) is 0 Å². The predicted octanol–water partition coefficient (Wildman–Crippen LogP) is 3.84. The SMILES string of the molecule is COCCCCOc1ccccc1C(=O)NCC(CC(N)C(O)CN1C(C)CCCC1C)C(C)C. The van der Waals surface area contributed by atoms with Gasteiger partial charge in [-0.3, -0.25) is 9.69 Å². The molecular weight excluding hydrogens is 442 g/mol. The highest BCUT2D eigenvalue weighted by Crippen LogP contribution is 2.24. The lowest BCUT2D eigenvalue weighted by molar-refractivity contribution is 0.0261. The van der Waals surface area contributed by atoms with Crippen LogP contribution in [0.2, 0.25) is 0 Å². The summed E-state index contributed by atoms with van der Waals surface area (Å²) in [4.78, 5) is 15.4. The Bertz CT molecular complexity index is 735. The van der Waals surface area contributed by atoms with Crippen molar-refractivity contribution in [2.45, 2.75) is 90.4 Å². The number of amides is 1. The molecule has 1 aromatic rings. The molecule has 2 rings (SSSR count). The number of piperidine rings is 1. The van der Waals surface area contributed by atoms with E-state index in [1.165, 1.54) is 19.3 Å². The number of nitrogens with zero attached hydrogens (tertiary/aromatic N) is 1. The lowest BCUT2D eigenvalue weighted by atomic mass is 9.87. The molecule has 7 nitrogen and oxygen atoms in total. The van der Waals surface area contributed by atoms with Crippen LogP contribution in [0.5, 0.6) is 5.75 Å². The van der Waals surface area contributed by atoms with E-state index >= 15 is 0 Å². The summed E-state index contributed by atoms with van der Waals surface area (Å²) in [7, 11) is 1.69. The number of nitrogens with one attached hydrogen (secondary N) is 1. The van der Waals surface area contributed by atoms with Crippen molar-refractivity contribution in [3.63, 3.8) is 0 Å².